The van der Waals surface area contributed by atoms with Crippen LogP contribution in [0.25, 0.3) is 0 Å². The second-order valence-corrected chi connectivity index (χ2v) is 10.1. The van der Waals surface area contributed by atoms with Gasteiger partial charge in [-0.1, -0.05) is 42.8 Å². The van der Waals surface area contributed by atoms with Crippen LogP contribution in [0.2, 0.25) is 0 Å². The number of sulfonamides is 2. The van der Waals surface area contributed by atoms with Gasteiger partial charge in [-0.2, -0.15) is 8.61 Å². The summed E-state index contributed by atoms with van der Waals surface area (Å²) in [5.74, 6) is 0. The summed E-state index contributed by atoms with van der Waals surface area (Å²) in [6.45, 7) is 0.435. The molecule has 1 aliphatic rings. The van der Waals surface area contributed by atoms with E-state index in [0.29, 0.717) is 25.9 Å². The van der Waals surface area contributed by atoms with E-state index in [0.717, 1.165) is 6.42 Å². The quantitative estimate of drug-likeness (QED) is 0.799. The van der Waals surface area contributed by atoms with Crippen LogP contribution in [-0.2, 0) is 20.0 Å². The van der Waals surface area contributed by atoms with Gasteiger partial charge in [0.15, 0.2) is 0 Å². The highest BCUT2D eigenvalue weighted by Gasteiger charge is 2.32. The van der Waals surface area contributed by atoms with Gasteiger partial charge < -0.3 is 0 Å². The van der Waals surface area contributed by atoms with Crippen LogP contribution in [0.3, 0.4) is 0 Å². The average Bonchev–Trinajstić information content (AvgIpc) is 2.62. The lowest BCUT2D eigenvalue weighted by atomic mass is 10.2. The van der Waals surface area contributed by atoms with E-state index in [4.69, 9.17) is 0 Å². The molecule has 0 atom stereocenters. The number of rotatable bonds is 4. The number of nitrogens with zero attached hydrogens (tertiary/aromatic N) is 2. The molecule has 0 spiro atoms. The van der Waals surface area contributed by atoms with Crippen LogP contribution in [0, 0.1) is 0 Å². The van der Waals surface area contributed by atoms with E-state index in [1.807, 2.05) is 0 Å². The Labute approximate surface area is 155 Å². The lowest BCUT2D eigenvalue weighted by molar-refractivity contribution is 0.258. The van der Waals surface area contributed by atoms with E-state index >= 15 is 0 Å². The summed E-state index contributed by atoms with van der Waals surface area (Å²) in [6.07, 6.45) is 2.21. The highest BCUT2D eigenvalue weighted by atomic mass is 32.2. The Kier molecular flexibility index (Phi) is 5.76. The van der Waals surface area contributed by atoms with Crippen molar-refractivity contribution in [3.63, 3.8) is 0 Å². The van der Waals surface area contributed by atoms with Crippen molar-refractivity contribution in [3.8, 4) is 0 Å². The van der Waals surface area contributed by atoms with Crippen LogP contribution in [0.5, 0.6) is 0 Å². The van der Waals surface area contributed by atoms with Crippen LogP contribution in [0.1, 0.15) is 19.3 Å². The zero-order chi connectivity index (χ0) is 18.6. The second kappa shape index (κ2) is 7.87. The van der Waals surface area contributed by atoms with Gasteiger partial charge in [0.2, 0.25) is 20.0 Å². The maximum Gasteiger partial charge on any atom is 0.244 e. The molecule has 0 unspecified atom stereocenters. The van der Waals surface area contributed by atoms with Crippen molar-refractivity contribution in [3.05, 3.63) is 60.7 Å². The standard InChI is InChI=1S/C18H22N2O4S2/c21-25(22,17-10-4-1-5-11-17)19-14-8-3-9-15-20(16-19)26(23,24)18-12-6-2-7-13-18/h1-2,4-7,10-13H,3,8-9,14-16H2. The molecule has 1 fully saturated rings. The van der Waals surface area contributed by atoms with Crippen LogP contribution in [0.4, 0.5) is 0 Å². The van der Waals surface area contributed by atoms with E-state index in [2.05, 4.69) is 0 Å². The van der Waals surface area contributed by atoms with E-state index in [-0.39, 0.29) is 16.5 Å². The number of benzene rings is 2. The Balaban J connectivity index is 1.93. The molecule has 2 aromatic carbocycles. The van der Waals surface area contributed by atoms with Gasteiger partial charge in [0, 0.05) is 13.1 Å². The Morgan fingerprint density at radius 2 is 0.962 bits per heavy atom. The Hall–Kier alpha value is -1.74. The van der Waals surface area contributed by atoms with E-state index in [1.54, 1.807) is 36.4 Å². The van der Waals surface area contributed by atoms with Crippen molar-refractivity contribution < 1.29 is 16.8 Å². The lowest BCUT2D eigenvalue weighted by Gasteiger charge is -2.31. The van der Waals surface area contributed by atoms with E-state index in [1.165, 1.54) is 32.9 Å². The van der Waals surface area contributed by atoms with Crippen molar-refractivity contribution in [2.24, 2.45) is 0 Å². The summed E-state index contributed by atoms with van der Waals surface area (Å²) >= 11 is 0. The van der Waals surface area contributed by atoms with Crippen molar-refractivity contribution in [1.29, 1.82) is 0 Å². The predicted octanol–water partition coefficient (Wildman–Crippen LogP) is 2.51. The minimum Gasteiger partial charge on any atom is -0.207 e. The van der Waals surface area contributed by atoms with E-state index in [9.17, 15) is 16.8 Å². The molecule has 0 aromatic heterocycles. The first-order valence-corrected chi connectivity index (χ1v) is 11.4. The maximum atomic E-state index is 13.0. The van der Waals surface area contributed by atoms with Crippen molar-refractivity contribution >= 4 is 20.0 Å². The van der Waals surface area contributed by atoms with Crippen molar-refractivity contribution in [2.45, 2.75) is 29.1 Å². The first-order valence-electron chi connectivity index (χ1n) is 8.53. The third kappa shape index (κ3) is 3.98. The lowest BCUT2D eigenvalue weighted by Crippen LogP contribution is -2.46. The topological polar surface area (TPSA) is 74.8 Å². The van der Waals surface area contributed by atoms with Gasteiger partial charge in [-0.05, 0) is 37.1 Å². The Bertz CT molecular complexity index is 852. The van der Waals surface area contributed by atoms with Gasteiger partial charge in [0.25, 0.3) is 0 Å². The fourth-order valence-electron chi connectivity index (χ4n) is 2.95. The van der Waals surface area contributed by atoms with Crippen LogP contribution >= 0.6 is 0 Å². The van der Waals surface area contributed by atoms with Gasteiger partial charge >= 0.3 is 0 Å². The Morgan fingerprint density at radius 1 is 0.577 bits per heavy atom. The summed E-state index contributed by atoms with van der Waals surface area (Å²) in [5.41, 5.74) is 0. The number of hydrogen-bond acceptors (Lipinski definition) is 4. The highest BCUT2D eigenvalue weighted by Crippen LogP contribution is 2.23. The number of hydrogen-bond donors (Lipinski definition) is 0. The third-order valence-electron chi connectivity index (χ3n) is 4.39. The van der Waals surface area contributed by atoms with E-state index < -0.39 is 20.0 Å². The molecule has 6 nitrogen and oxygen atoms in total. The van der Waals surface area contributed by atoms with Gasteiger partial charge in [-0.25, -0.2) is 16.8 Å². The molecule has 140 valence electrons. The summed E-state index contributed by atoms with van der Waals surface area (Å²) in [4.78, 5) is 0.357. The normalized spacial score (nSPS) is 18.2. The molecule has 0 bridgehead atoms. The molecule has 1 heterocycles. The van der Waals surface area contributed by atoms with Crippen LogP contribution in [-0.4, -0.2) is 45.2 Å². The van der Waals surface area contributed by atoms with Crippen molar-refractivity contribution in [1.82, 2.24) is 8.61 Å². The highest BCUT2D eigenvalue weighted by molar-refractivity contribution is 7.90. The largest absolute Gasteiger partial charge is 0.244 e. The smallest absolute Gasteiger partial charge is 0.207 e. The minimum atomic E-state index is -3.75. The molecule has 0 aliphatic carbocycles. The molecule has 0 radical (unpaired) electrons. The monoisotopic (exact) mass is 394 g/mol. The molecule has 3 rings (SSSR count). The summed E-state index contributed by atoms with van der Waals surface area (Å²) < 4.78 is 54.4. The molecule has 0 amide bonds. The fraction of sp³-hybridized carbons (Fsp3) is 0.333. The first-order chi connectivity index (χ1) is 12.4. The fourth-order valence-corrected chi connectivity index (χ4v) is 5.94. The molecule has 0 saturated carbocycles. The maximum absolute atomic E-state index is 13.0. The van der Waals surface area contributed by atoms with Gasteiger partial charge in [-0.3, -0.25) is 0 Å². The second-order valence-electron chi connectivity index (χ2n) is 6.19. The summed E-state index contributed by atoms with van der Waals surface area (Å²) in [5, 5.41) is 0. The van der Waals surface area contributed by atoms with Crippen LogP contribution in [0.15, 0.2) is 70.5 Å². The minimum absolute atomic E-state index is 0.172. The predicted molar refractivity (Wildman–Crippen MR) is 99.4 cm³/mol. The first kappa shape index (κ1) is 19.0. The average molecular weight is 395 g/mol. The molecular weight excluding hydrogens is 372 g/mol. The molecule has 1 aliphatic heterocycles. The SMILES string of the molecule is O=S(=O)(c1ccccc1)N1CCCCCN(S(=O)(=O)c2ccccc2)C1. The summed E-state index contributed by atoms with van der Waals surface area (Å²) in [6, 6.07) is 16.3. The molecule has 2 aromatic rings. The molecule has 26 heavy (non-hydrogen) atoms. The van der Waals surface area contributed by atoms with Gasteiger partial charge in [-0.15, -0.1) is 0 Å². The molecule has 1 saturated heterocycles. The van der Waals surface area contributed by atoms with Gasteiger partial charge in [0.05, 0.1) is 16.5 Å². The van der Waals surface area contributed by atoms with Gasteiger partial charge in [0.1, 0.15) is 0 Å². The molecular formula is C18H22N2O4S2. The zero-order valence-corrected chi connectivity index (χ0v) is 16.0. The van der Waals surface area contributed by atoms with Crippen LogP contribution < -0.4 is 0 Å². The Morgan fingerprint density at radius 3 is 1.35 bits per heavy atom. The summed E-state index contributed by atoms with van der Waals surface area (Å²) in [7, 11) is -7.50. The zero-order valence-electron chi connectivity index (χ0n) is 14.4. The third-order valence-corrected chi connectivity index (χ3v) is 8.08. The molecule has 8 heteroatoms. The molecule has 0 N–H and O–H groups in total. The van der Waals surface area contributed by atoms with Crippen molar-refractivity contribution in [2.75, 3.05) is 19.8 Å².